The fraction of sp³-hybridized carbons (Fsp3) is 0.400. The van der Waals surface area contributed by atoms with Gasteiger partial charge in [-0.15, -0.1) is 0 Å². The van der Waals surface area contributed by atoms with E-state index in [1.807, 2.05) is 0 Å². The Labute approximate surface area is 129 Å². The van der Waals surface area contributed by atoms with Gasteiger partial charge in [-0.1, -0.05) is 61.6 Å². The molecule has 21 heavy (non-hydrogen) atoms. The predicted molar refractivity (Wildman–Crippen MR) is 92.5 cm³/mol. The van der Waals surface area contributed by atoms with Crippen molar-refractivity contribution in [1.82, 2.24) is 0 Å². The maximum atomic E-state index is 2.65. The quantitative estimate of drug-likeness (QED) is 0.665. The monoisotopic (exact) mass is 292 g/mol. The first-order valence-electron chi connectivity index (χ1n) is 8.33. The number of aryl methyl sites for hydroxylation is 2. The van der Waals surface area contributed by atoms with E-state index in [0.29, 0.717) is 0 Å². The second kappa shape index (κ2) is 4.84. The second-order valence-corrected chi connectivity index (χ2v) is 12.4. The third-order valence-electron chi connectivity index (χ3n) is 6.06. The summed E-state index contributed by atoms with van der Waals surface area (Å²) in [5.74, 6) is 0. The number of benzene rings is 2. The summed E-state index contributed by atoms with van der Waals surface area (Å²) >= 11 is 0. The van der Waals surface area contributed by atoms with Crippen LogP contribution in [-0.2, 0) is 12.8 Å². The SMILES string of the molecule is C[Si](C)(C1CCc2ccccc21)C1CCc2ccccc21. The molecule has 0 heterocycles. The molecule has 0 radical (unpaired) electrons. The molecule has 0 amide bonds. The molecule has 108 valence electrons. The van der Waals surface area contributed by atoms with Gasteiger partial charge in [0.05, 0.1) is 8.07 Å². The first-order valence-corrected chi connectivity index (χ1v) is 11.5. The van der Waals surface area contributed by atoms with Crippen molar-refractivity contribution in [2.75, 3.05) is 0 Å². The van der Waals surface area contributed by atoms with E-state index in [4.69, 9.17) is 0 Å². The molecule has 0 N–H and O–H groups in total. The van der Waals surface area contributed by atoms with Crippen molar-refractivity contribution in [3.63, 3.8) is 0 Å². The van der Waals surface area contributed by atoms with Crippen LogP contribution >= 0.6 is 0 Å². The van der Waals surface area contributed by atoms with Crippen molar-refractivity contribution in [3.8, 4) is 0 Å². The fourth-order valence-corrected chi connectivity index (χ4v) is 9.33. The zero-order valence-electron chi connectivity index (χ0n) is 13.1. The smallest absolute Gasteiger partial charge is 0.0628 e. The van der Waals surface area contributed by atoms with E-state index in [9.17, 15) is 0 Å². The van der Waals surface area contributed by atoms with E-state index in [2.05, 4.69) is 61.6 Å². The summed E-state index contributed by atoms with van der Waals surface area (Å²) in [6.45, 7) is 5.29. The van der Waals surface area contributed by atoms with Gasteiger partial charge in [0.1, 0.15) is 0 Å². The summed E-state index contributed by atoms with van der Waals surface area (Å²) in [6.07, 6.45) is 5.37. The van der Waals surface area contributed by atoms with Crippen LogP contribution in [0.4, 0.5) is 0 Å². The van der Waals surface area contributed by atoms with Gasteiger partial charge in [0.2, 0.25) is 0 Å². The molecule has 2 unspecified atom stereocenters. The van der Waals surface area contributed by atoms with Crippen LogP contribution in [0.1, 0.15) is 46.2 Å². The van der Waals surface area contributed by atoms with Crippen LogP contribution in [0.5, 0.6) is 0 Å². The Kier molecular flexibility index (Phi) is 3.07. The summed E-state index contributed by atoms with van der Waals surface area (Å²) in [5.41, 5.74) is 8.30. The van der Waals surface area contributed by atoms with Crippen LogP contribution in [0.25, 0.3) is 0 Å². The van der Waals surface area contributed by atoms with Gasteiger partial charge in [0, 0.05) is 0 Å². The molecule has 0 fully saturated rings. The Morgan fingerprint density at radius 1 is 0.714 bits per heavy atom. The van der Waals surface area contributed by atoms with E-state index in [1.165, 1.54) is 25.7 Å². The molecule has 2 atom stereocenters. The van der Waals surface area contributed by atoms with Gasteiger partial charge in [-0.2, -0.15) is 0 Å². The highest BCUT2D eigenvalue weighted by Crippen LogP contribution is 2.49. The molecule has 0 spiro atoms. The molecular weight excluding hydrogens is 268 g/mol. The molecule has 2 aliphatic rings. The van der Waals surface area contributed by atoms with E-state index in [0.717, 1.165) is 11.1 Å². The molecule has 0 saturated heterocycles. The number of rotatable bonds is 2. The maximum absolute atomic E-state index is 2.65. The van der Waals surface area contributed by atoms with Crippen molar-refractivity contribution in [2.45, 2.75) is 49.9 Å². The van der Waals surface area contributed by atoms with Gasteiger partial charge < -0.3 is 0 Å². The lowest BCUT2D eigenvalue weighted by molar-refractivity contribution is 0.773. The summed E-state index contributed by atoms with van der Waals surface area (Å²) in [7, 11) is -1.34. The summed E-state index contributed by atoms with van der Waals surface area (Å²) < 4.78 is 0. The summed E-state index contributed by atoms with van der Waals surface area (Å²) in [6, 6.07) is 18.4. The molecule has 1 heteroatoms. The Morgan fingerprint density at radius 3 is 1.62 bits per heavy atom. The van der Waals surface area contributed by atoms with Crippen molar-refractivity contribution in [3.05, 3.63) is 70.8 Å². The molecule has 0 aliphatic heterocycles. The third kappa shape index (κ3) is 2.02. The van der Waals surface area contributed by atoms with Gasteiger partial charge >= 0.3 is 0 Å². The van der Waals surface area contributed by atoms with Crippen LogP contribution in [-0.4, -0.2) is 8.07 Å². The minimum Gasteiger partial charge on any atom is -0.0684 e. The fourth-order valence-electron chi connectivity index (χ4n) is 4.90. The predicted octanol–water partition coefficient (Wildman–Crippen LogP) is 5.23. The van der Waals surface area contributed by atoms with Crippen molar-refractivity contribution < 1.29 is 0 Å². The van der Waals surface area contributed by atoms with Crippen molar-refractivity contribution >= 4 is 8.07 Å². The molecule has 0 nitrogen and oxygen atoms in total. The van der Waals surface area contributed by atoms with Crippen LogP contribution in [0.3, 0.4) is 0 Å². The van der Waals surface area contributed by atoms with E-state index in [-0.39, 0.29) is 0 Å². The molecule has 2 aromatic carbocycles. The van der Waals surface area contributed by atoms with Gasteiger partial charge in [0.25, 0.3) is 0 Å². The molecule has 0 aromatic heterocycles. The van der Waals surface area contributed by atoms with Crippen LogP contribution in [0.15, 0.2) is 48.5 Å². The van der Waals surface area contributed by atoms with E-state index >= 15 is 0 Å². The number of hydrogen-bond donors (Lipinski definition) is 0. The zero-order chi connectivity index (χ0) is 14.4. The number of fused-ring (bicyclic) bond motifs is 2. The molecular formula is C20H24Si. The average Bonchev–Trinajstić information content (AvgIpc) is 3.12. The highest BCUT2D eigenvalue weighted by Gasteiger charge is 2.45. The first kappa shape index (κ1) is 13.3. The average molecular weight is 292 g/mol. The minimum absolute atomic E-state index is 0.852. The number of hydrogen-bond acceptors (Lipinski definition) is 0. The Morgan fingerprint density at radius 2 is 1.14 bits per heavy atom. The minimum atomic E-state index is -1.34. The van der Waals surface area contributed by atoms with Crippen molar-refractivity contribution in [2.24, 2.45) is 0 Å². The van der Waals surface area contributed by atoms with Gasteiger partial charge in [0.15, 0.2) is 0 Å². The Bertz CT molecular complexity index is 614. The maximum Gasteiger partial charge on any atom is 0.0628 e. The van der Waals surface area contributed by atoms with Crippen LogP contribution in [0.2, 0.25) is 13.1 Å². The molecule has 0 saturated carbocycles. The van der Waals surface area contributed by atoms with E-state index < -0.39 is 8.07 Å². The molecule has 2 aliphatic carbocycles. The highest BCUT2D eigenvalue weighted by atomic mass is 28.3. The van der Waals surface area contributed by atoms with Gasteiger partial charge in [-0.3, -0.25) is 0 Å². The lowest BCUT2D eigenvalue weighted by Gasteiger charge is -2.37. The zero-order valence-corrected chi connectivity index (χ0v) is 14.1. The standard InChI is InChI=1S/C20H24Si/c1-21(2,19-13-11-15-7-3-5-9-17(15)19)20-14-12-16-8-4-6-10-18(16)20/h3-10,19-20H,11-14H2,1-2H3. The second-order valence-electron chi connectivity index (χ2n) is 7.40. The Balaban J connectivity index is 1.73. The topological polar surface area (TPSA) is 0 Å². The third-order valence-corrected chi connectivity index (χ3v) is 10.9. The normalized spacial score (nSPS) is 23.9. The molecule has 0 bridgehead atoms. The van der Waals surface area contributed by atoms with Crippen LogP contribution in [0, 0.1) is 0 Å². The summed E-state index contributed by atoms with van der Waals surface area (Å²) in [4.78, 5) is 0. The lowest BCUT2D eigenvalue weighted by atomic mass is 10.1. The largest absolute Gasteiger partial charge is 0.0684 e. The summed E-state index contributed by atoms with van der Waals surface area (Å²) in [5, 5.41) is 0. The van der Waals surface area contributed by atoms with Gasteiger partial charge in [-0.05, 0) is 59.0 Å². The van der Waals surface area contributed by atoms with Gasteiger partial charge in [-0.25, -0.2) is 0 Å². The first-order chi connectivity index (χ1) is 10.2. The van der Waals surface area contributed by atoms with Crippen molar-refractivity contribution in [1.29, 1.82) is 0 Å². The highest BCUT2D eigenvalue weighted by molar-refractivity contribution is 6.80. The molecule has 2 aromatic rings. The van der Waals surface area contributed by atoms with Crippen LogP contribution < -0.4 is 0 Å². The molecule has 4 rings (SSSR count). The van der Waals surface area contributed by atoms with E-state index in [1.54, 1.807) is 22.3 Å². The lowest BCUT2D eigenvalue weighted by Crippen LogP contribution is -2.40. The Hall–Kier alpha value is -1.34.